The zero-order chi connectivity index (χ0) is 15.9. The van der Waals surface area contributed by atoms with E-state index in [0.717, 1.165) is 31.2 Å². The highest BCUT2D eigenvalue weighted by Crippen LogP contribution is 2.18. The summed E-state index contributed by atoms with van der Waals surface area (Å²) in [5.74, 6) is 0.0184. The Balaban J connectivity index is 2.30. The molecule has 0 N–H and O–H groups in total. The van der Waals surface area contributed by atoms with Crippen LogP contribution in [0, 0.1) is 11.3 Å². The maximum atomic E-state index is 12.6. The van der Waals surface area contributed by atoms with Gasteiger partial charge in [0.25, 0.3) is 0 Å². The molecule has 0 fully saturated rings. The summed E-state index contributed by atoms with van der Waals surface area (Å²) < 4.78 is 0. The van der Waals surface area contributed by atoms with Gasteiger partial charge in [-0.15, -0.1) is 0 Å². The van der Waals surface area contributed by atoms with Gasteiger partial charge < -0.3 is 0 Å². The first-order chi connectivity index (χ1) is 10.7. The zero-order valence-electron chi connectivity index (χ0n) is 13.2. The molecule has 0 aliphatic rings. The van der Waals surface area contributed by atoms with Crippen molar-refractivity contribution in [1.82, 2.24) is 0 Å². The predicted molar refractivity (Wildman–Crippen MR) is 89.0 cm³/mol. The summed E-state index contributed by atoms with van der Waals surface area (Å²) in [4.78, 5) is 12.6. The van der Waals surface area contributed by atoms with Crippen LogP contribution in [0.5, 0.6) is 0 Å². The van der Waals surface area contributed by atoms with Crippen LogP contribution in [0.4, 0.5) is 0 Å². The third-order valence-electron chi connectivity index (χ3n) is 3.91. The van der Waals surface area contributed by atoms with Gasteiger partial charge >= 0.3 is 0 Å². The minimum Gasteiger partial charge on any atom is -0.289 e. The number of nitrogens with zero attached hydrogens (tertiary/aromatic N) is 1. The normalized spacial score (nSPS) is 10.2. The van der Waals surface area contributed by atoms with Crippen LogP contribution >= 0.6 is 0 Å². The Hall–Kier alpha value is -2.40. The van der Waals surface area contributed by atoms with E-state index in [0.29, 0.717) is 16.7 Å². The Bertz CT molecular complexity index is 693. The number of carbonyl (C=O) groups excluding carboxylic acids is 1. The van der Waals surface area contributed by atoms with Gasteiger partial charge in [0.15, 0.2) is 5.78 Å². The van der Waals surface area contributed by atoms with Gasteiger partial charge in [0.2, 0.25) is 0 Å². The van der Waals surface area contributed by atoms with E-state index in [-0.39, 0.29) is 5.78 Å². The average Bonchev–Trinajstić information content (AvgIpc) is 2.59. The van der Waals surface area contributed by atoms with Crippen molar-refractivity contribution in [3.8, 4) is 6.07 Å². The van der Waals surface area contributed by atoms with Crippen LogP contribution in [0.25, 0.3) is 0 Å². The number of aryl methyl sites for hydroxylation is 2. The number of nitriles is 1. The smallest absolute Gasteiger partial charge is 0.193 e. The maximum Gasteiger partial charge on any atom is 0.193 e. The van der Waals surface area contributed by atoms with Crippen molar-refractivity contribution >= 4 is 5.78 Å². The molecular formula is C20H21NO. The fraction of sp³-hybridized carbons (Fsp3) is 0.300. The van der Waals surface area contributed by atoms with Crippen molar-refractivity contribution in [3.63, 3.8) is 0 Å². The third-order valence-corrected chi connectivity index (χ3v) is 3.91. The molecule has 112 valence electrons. The van der Waals surface area contributed by atoms with Gasteiger partial charge in [0.1, 0.15) is 0 Å². The highest BCUT2D eigenvalue weighted by Gasteiger charge is 2.11. The molecule has 2 aromatic carbocycles. The Kier molecular flexibility index (Phi) is 5.49. The Morgan fingerprint density at radius 1 is 1.05 bits per heavy atom. The van der Waals surface area contributed by atoms with Crippen molar-refractivity contribution in [1.29, 1.82) is 5.26 Å². The quantitative estimate of drug-likeness (QED) is 0.724. The SMILES string of the molecule is CCCCc1cc(C(=O)c2ccc(CC)cc2)ccc1C#N. The fourth-order valence-electron chi connectivity index (χ4n) is 2.48. The summed E-state index contributed by atoms with van der Waals surface area (Å²) in [5, 5.41) is 9.19. The predicted octanol–water partition coefficient (Wildman–Crippen LogP) is 4.69. The number of hydrogen-bond donors (Lipinski definition) is 0. The molecule has 0 unspecified atom stereocenters. The molecule has 22 heavy (non-hydrogen) atoms. The summed E-state index contributed by atoms with van der Waals surface area (Å²) in [6.45, 7) is 4.22. The first-order valence-electron chi connectivity index (χ1n) is 7.86. The molecule has 2 heteroatoms. The molecule has 0 aliphatic heterocycles. The van der Waals surface area contributed by atoms with Crippen molar-refractivity contribution in [2.24, 2.45) is 0 Å². The monoisotopic (exact) mass is 291 g/mol. The lowest BCUT2D eigenvalue weighted by Gasteiger charge is -2.07. The molecule has 2 aromatic rings. The van der Waals surface area contributed by atoms with Gasteiger partial charge in [0, 0.05) is 11.1 Å². The highest BCUT2D eigenvalue weighted by molar-refractivity contribution is 6.09. The second-order valence-corrected chi connectivity index (χ2v) is 5.47. The van der Waals surface area contributed by atoms with E-state index in [1.54, 1.807) is 12.1 Å². The lowest BCUT2D eigenvalue weighted by Crippen LogP contribution is -2.03. The molecule has 0 aliphatic carbocycles. The van der Waals surface area contributed by atoms with Crippen molar-refractivity contribution in [3.05, 3.63) is 70.3 Å². The molecule has 0 saturated heterocycles. The van der Waals surface area contributed by atoms with Crippen LogP contribution in [0.2, 0.25) is 0 Å². The first-order valence-corrected chi connectivity index (χ1v) is 7.86. The molecule has 2 rings (SSSR count). The van der Waals surface area contributed by atoms with E-state index < -0.39 is 0 Å². The second-order valence-electron chi connectivity index (χ2n) is 5.47. The van der Waals surface area contributed by atoms with Crippen molar-refractivity contribution < 1.29 is 4.79 Å². The van der Waals surface area contributed by atoms with E-state index in [2.05, 4.69) is 19.9 Å². The largest absolute Gasteiger partial charge is 0.289 e. The van der Waals surface area contributed by atoms with Crippen molar-refractivity contribution in [2.75, 3.05) is 0 Å². The second kappa shape index (κ2) is 7.56. The molecule has 0 atom stereocenters. The van der Waals surface area contributed by atoms with E-state index in [1.165, 1.54) is 5.56 Å². The minimum atomic E-state index is 0.0184. The number of unbranched alkanes of at least 4 members (excludes halogenated alkanes) is 1. The number of benzene rings is 2. The number of ketones is 1. The summed E-state index contributed by atoms with van der Waals surface area (Å²) in [6.07, 6.45) is 3.90. The van der Waals surface area contributed by atoms with Gasteiger partial charge in [-0.25, -0.2) is 0 Å². The van der Waals surface area contributed by atoms with Gasteiger partial charge in [-0.3, -0.25) is 4.79 Å². The third kappa shape index (κ3) is 3.62. The maximum absolute atomic E-state index is 12.6. The fourth-order valence-corrected chi connectivity index (χ4v) is 2.48. The number of carbonyl (C=O) groups is 1. The Morgan fingerprint density at radius 3 is 2.32 bits per heavy atom. The molecule has 0 radical (unpaired) electrons. The van der Waals surface area contributed by atoms with E-state index in [4.69, 9.17) is 0 Å². The van der Waals surface area contributed by atoms with Crippen LogP contribution in [0.1, 0.15) is 59.3 Å². The highest BCUT2D eigenvalue weighted by atomic mass is 16.1. The van der Waals surface area contributed by atoms with Gasteiger partial charge in [0.05, 0.1) is 11.6 Å². The van der Waals surface area contributed by atoms with Crippen LogP contribution in [0.3, 0.4) is 0 Å². The average molecular weight is 291 g/mol. The standard InChI is InChI=1S/C20H21NO/c1-3-5-6-17-13-18(11-12-19(17)14-21)20(22)16-9-7-15(4-2)8-10-16/h7-13H,3-6H2,1-2H3. The minimum absolute atomic E-state index is 0.0184. The molecule has 0 aromatic heterocycles. The van der Waals surface area contributed by atoms with E-state index >= 15 is 0 Å². The molecular weight excluding hydrogens is 270 g/mol. The van der Waals surface area contributed by atoms with E-state index in [1.807, 2.05) is 30.3 Å². The molecule has 2 nitrogen and oxygen atoms in total. The molecule has 0 spiro atoms. The van der Waals surface area contributed by atoms with Crippen LogP contribution < -0.4 is 0 Å². The van der Waals surface area contributed by atoms with Crippen molar-refractivity contribution in [2.45, 2.75) is 39.5 Å². The van der Waals surface area contributed by atoms with Crippen LogP contribution in [0.15, 0.2) is 42.5 Å². The van der Waals surface area contributed by atoms with Gasteiger partial charge in [-0.1, -0.05) is 44.5 Å². The lowest BCUT2D eigenvalue weighted by atomic mass is 9.95. The van der Waals surface area contributed by atoms with E-state index in [9.17, 15) is 10.1 Å². The summed E-state index contributed by atoms with van der Waals surface area (Å²) in [5.41, 5.74) is 4.23. The number of hydrogen-bond acceptors (Lipinski definition) is 2. The molecule has 0 saturated carbocycles. The molecule has 0 amide bonds. The Morgan fingerprint density at radius 2 is 1.73 bits per heavy atom. The molecule has 0 heterocycles. The van der Waals surface area contributed by atoms with Crippen LogP contribution in [-0.4, -0.2) is 5.78 Å². The van der Waals surface area contributed by atoms with Gasteiger partial charge in [-0.05, 0) is 48.6 Å². The van der Waals surface area contributed by atoms with Crippen LogP contribution in [-0.2, 0) is 12.8 Å². The Labute approximate surface area is 132 Å². The van der Waals surface area contributed by atoms with Gasteiger partial charge in [-0.2, -0.15) is 5.26 Å². The lowest BCUT2D eigenvalue weighted by molar-refractivity contribution is 0.103. The number of rotatable bonds is 6. The topological polar surface area (TPSA) is 40.9 Å². The first kappa shape index (κ1) is 16.0. The summed E-state index contributed by atoms with van der Waals surface area (Å²) >= 11 is 0. The zero-order valence-corrected chi connectivity index (χ0v) is 13.2. The summed E-state index contributed by atoms with van der Waals surface area (Å²) in [7, 11) is 0. The molecule has 0 bridgehead atoms. The summed E-state index contributed by atoms with van der Waals surface area (Å²) in [6, 6.07) is 15.4.